The number of aliphatic imine (C=N–C) groups is 1. The van der Waals surface area contributed by atoms with Gasteiger partial charge >= 0.3 is 6.61 Å². The van der Waals surface area contributed by atoms with E-state index in [-0.39, 0.29) is 22.4 Å². The molecule has 2 aromatic rings. The van der Waals surface area contributed by atoms with E-state index in [1.807, 2.05) is 43.3 Å². The lowest BCUT2D eigenvalue weighted by atomic mass is 10.1. The largest absolute Gasteiger partial charge is 0.435 e. The second-order valence-electron chi connectivity index (χ2n) is 6.68. The molecule has 2 amide bonds. The van der Waals surface area contributed by atoms with Gasteiger partial charge in [-0.15, -0.1) is 0 Å². The summed E-state index contributed by atoms with van der Waals surface area (Å²) in [6.45, 7) is -2.95. The van der Waals surface area contributed by atoms with Gasteiger partial charge in [-0.3, -0.25) is 14.5 Å². The number of halogens is 2. The van der Waals surface area contributed by atoms with Crippen molar-refractivity contribution < 1.29 is 23.1 Å². The Labute approximate surface area is 182 Å². The Morgan fingerprint density at radius 1 is 1.19 bits per heavy atom. The topological polar surface area (TPSA) is 88.2 Å². The highest BCUT2D eigenvalue weighted by molar-refractivity contribution is 8.14. The summed E-state index contributed by atoms with van der Waals surface area (Å²) in [5, 5.41) is 0.266. The van der Waals surface area contributed by atoms with E-state index < -0.39 is 18.4 Å². The first kappa shape index (κ1) is 22.3. The highest BCUT2D eigenvalue weighted by atomic mass is 32.2. The standard InChI is InChI=1S/C21H20F2N4O3S/c1-26(2)14-5-3-13(4-6-14)11-17-19(29)27(21(25-17)31-12-18(24)28)15-7-9-16(10-8-15)30-20(22)23/h3-11,20H,12H2,1-2H3,(H2,24,28). The average Bonchev–Trinajstić information content (AvgIpc) is 3.02. The van der Waals surface area contributed by atoms with E-state index in [1.165, 1.54) is 29.2 Å². The van der Waals surface area contributed by atoms with Crippen molar-refractivity contribution in [3.05, 3.63) is 59.8 Å². The smallest absolute Gasteiger partial charge is 0.387 e. The zero-order valence-corrected chi connectivity index (χ0v) is 17.6. The quantitative estimate of drug-likeness (QED) is 0.660. The van der Waals surface area contributed by atoms with Gasteiger partial charge in [0.1, 0.15) is 11.4 Å². The number of anilines is 2. The summed E-state index contributed by atoms with van der Waals surface area (Å²) in [4.78, 5) is 31.9. The lowest BCUT2D eigenvalue weighted by molar-refractivity contribution is -0.115. The third kappa shape index (κ3) is 5.60. The van der Waals surface area contributed by atoms with Crippen LogP contribution in [0, 0.1) is 0 Å². The zero-order valence-electron chi connectivity index (χ0n) is 16.8. The van der Waals surface area contributed by atoms with Crippen LogP contribution in [0.25, 0.3) is 6.08 Å². The van der Waals surface area contributed by atoms with Crippen LogP contribution in [-0.4, -0.2) is 43.4 Å². The van der Waals surface area contributed by atoms with Crippen LogP contribution in [-0.2, 0) is 9.59 Å². The number of rotatable bonds is 7. The van der Waals surface area contributed by atoms with Gasteiger partial charge in [0.05, 0.1) is 11.4 Å². The van der Waals surface area contributed by atoms with Crippen LogP contribution in [0.15, 0.2) is 59.2 Å². The van der Waals surface area contributed by atoms with Crippen molar-refractivity contribution in [3.63, 3.8) is 0 Å². The Hall–Kier alpha value is -3.40. The van der Waals surface area contributed by atoms with Crippen LogP contribution in [0.3, 0.4) is 0 Å². The molecule has 1 heterocycles. The number of thioether (sulfide) groups is 1. The molecule has 1 aliphatic heterocycles. The van der Waals surface area contributed by atoms with Gasteiger partial charge in [-0.05, 0) is 48.0 Å². The second kappa shape index (κ2) is 9.61. The van der Waals surface area contributed by atoms with Gasteiger partial charge in [-0.25, -0.2) is 4.99 Å². The molecule has 31 heavy (non-hydrogen) atoms. The first-order valence-corrected chi connectivity index (χ1v) is 10.1. The fourth-order valence-corrected chi connectivity index (χ4v) is 3.51. The SMILES string of the molecule is CN(C)c1ccc(C=C2N=C(SCC(N)=O)N(c3ccc(OC(F)F)cc3)C2=O)cc1. The molecule has 0 atom stereocenters. The minimum absolute atomic E-state index is 0.0366. The molecule has 1 aliphatic rings. The van der Waals surface area contributed by atoms with Crippen molar-refractivity contribution in [3.8, 4) is 5.75 Å². The van der Waals surface area contributed by atoms with Gasteiger partial charge in [-0.2, -0.15) is 8.78 Å². The molecular formula is C21H20F2N4O3S. The second-order valence-corrected chi connectivity index (χ2v) is 7.62. The van der Waals surface area contributed by atoms with Gasteiger partial charge in [0.2, 0.25) is 5.91 Å². The Balaban J connectivity index is 1.90. The number of hydrogen-bond donors (Lipinski definition) is 1. The maximum atomic E-state index is 13.1. The van der Waals surface area contributed by atoms with Gasteiger partial charge < -0.3 is 15.4 Å². The minimum atomic E-state index is -2.95. The maximum absolute atomic E-state index is 13.1. The summed E-state index contributed by atoms with van der Waals surface area (Å²) < 4.78 is 29.1. The average molecular weight is 446 g/mol. The Bertz CT molecular complexity index is 1020. The normalized spacial score (nSPS) is 14.9. The molecule has 0 spiro atoms. The summed E-state index contributed by atoms with van der Waals surface area (Å²) in [5.41, 5.74) is 7.59. The molecule has 0 saturated heterocycles. The van der Waals surface area contributed by atoms with Crippen LogP contribution in [0.2, 0.25) is 0 Å². The summed E-state index contributed by atoms with van der Waals surface area (Å²) >= 11 is 1.02. The summed E-state index contributed by atoms with van der Waals surface area (Å²) in [6, 6.07) is 13.1. The van der Waals surface area contributed by atoms with E-state index in [2.05, 4.69) is 9.73 Å². The molecule has 0 bridgehead atoms. The van der Waals surface area contributed by atoms with E-state index in [0.29, 0.717) is 5.69 Å². The molecule has 10 heteroatoms. The number of alkyl halides is 2. The molecule has 0 unspecified atom stereocenters. The number of hydrogen-bond acceptors (Lipinski definition) is 6. The van der Waals surface area contributed by atoms with Crippen molar-refractivity contribution in [2.75, 3.05) is 29.6 Å². The van der Waals surface area contributed by atoms with E-state index >= 15 is 0 Å². The van der Waals surface area contributed by atoms with Crippen LogP contribution in [0.1, 0.15) is 5.56 Å². The Kier molecular flexibility index (Phi) is 6.91. The summed E-state index contributed by atoms with van der Waals surface area (Å²) in [6.07, 6.45) is 1.64. The van der Waals surface area contributed by atoms with Crippen molar-refractivity contribution in [2.24, 2.45) is 10.7 Å². The molecule has 0 aromatic heterocycles. The minimum Gasteiger partial charge on any atom is -0.435 e. The number of nitrogens with two attached hydrogens (primary N) is 1. The lowest BCUT2D eigenvalue weighted by Crippen LogP contribution is -2.31. The predicted octanol–water partition coefficient (Wildman–Crippen LogP) is 3.32. The molecule has 162 valence electrons. The number of carbonyl (C=O) groups is 2. The third-order valence-electron chi connectivity index (χ3n) is 4.21. The van der Waals surface area contributed by atoms with E-state index in [9.17, 15) is 18.4 Å². The maximum Gasteiger partial charge on any atom is 0.387 e. The van der Waals surface area contributed by atoms with Gasteiger partial charge in [-0.1, -0.05) is 23.9 Å². The zero-order chi connectivity index (χ0) is 22.5. The van der Waals surface area contributed by atoms with Crippen LogP contribution in [0.5, 0.6) is 5.75 Å². The first-order valence-electron chi connectivity index (χ1n) is 9.13. The Morgan fingerprint density at radius 3 is 2.39 bits per heavy atom. The summed E-state index contributed by atoms with van der Waals surface area (Å²) in [7, 11) is 3.85. The molecule has 0 radical (unpaired) electrons. The molecule has 2 aromatic carbocycles. The van der Waals surface area contributed by atoms with Crippen molar-refractivity contribution in [1.82, 2.24) is 0 Å². The van der Waals surface area contributed by atoms with E-state index in [1.54, 1.807) is 6.08 Å². The monoisotopic (exact) mass is 446 g/mol. The fraction of sp³-hybridized carbons (Fsp3) is 0.190. The fourth-order valence-electron chi connectivity index (χ4n) is 2.76. The molecule has 3 rings (SSSR count). The number of amides is 2. The number of amidine groups is 1. The number of ether oxygens (including phenoxy) is 1. The number of nitrogens with zero attached hydrogens (tertiary/aromatic N) is 3. The van der Waals surface area contributed by atoms with E-state index in [0.717, 1.165) is 23.0 Å². The van der Waals surface area contributed by atoms with Crippen LogP contribution >= 0.6 is 11.8 Å². The van der Waals surface area contributed by atoms with Gasteiger partial charge in [0.25, 0.3) is 5.91 Å². The van der Waals surface area contributed by atoms with E-state index in [4.69, 9.17) is 5.73 Å². The highest BCUT2D eigenvalue weighted by Gasteiger charge is 2.32. The molecule has 0 fully saturated rings. The summed E-state index contributed by atoms with van der Waals surface area (Å²) in [5.74, 6) is -1.07. The van der Waals surface area contributed by atoms with Crippen molar-refractivity contribution in [1.29, 1.82) is 0 Å². The predicted molar refractivity (Wildman–Crippen MR) is 118 cm³/mol. The molecular weight excluding hydrogens is 426 g/mol. The number of primary amides is 1. The number of benzene rings is 2. The lowest BCUT2D eigenvalue weighted by Gasteiger charge is -2.18. The van der Waals surface area contributed by atoms with Gasteiger partial charge in [0.15, 0.2) is 5.17 Å². The van der Waals surface area contributed by atoms with Crippen molar-refractivity contribution >= 4 is 46.2 Å². The first-order chi connectivity index (χ1) is 14.7. The molecule has 0 saturated carbocycles. The third-order valence-corrected chi connectivity index (χ3v) is 5.17. The van der Waals surface area contributed by atoms with Crippen molar-refractivity contribution in [2.45, 2.75) is 6.61 Å². The molecule has 0 aliphatic carbocycles. The molecule has 2 N–H and O–H groups in total. The van der Waals surface area contributed by atoms with Gasteiger partial charge in [0, 0.05) is 19.8 Å². The highest BCUT2D eigenvalue weighted by Crippen LogP contribution is 2.31. The molecule has 7 nitrogen and oxygen atoms in total. The van der Waals surface area contributed by atoms with Crippen LogP contribution in [0.4, 0.5) is 20.2 Å². The van der Waals surface area contributed by atoms with Crippen LogP contribution < -0.4 is 20.3 Å². The number of carbonyl (C=O) groups excluding carboxylic acids is 2. The Morgan fingerprint density at radius 2 is 1.84 bits per heavy atom.